The Morgan fingerprint density at radius 3 is 1.79 bits per heavy atom. The van der Waals surface area contributed by atoms with Gasteiger partial charge in [-0.25, -0.2) is 0 Å². The van der Waals surface area contributed by atoms with E-state index in [1.807, 2.05) is 0 Å². The first-order chi connectivity index (χ1) is 9.33. The van der Waals surface area contributed by atoms with Gasteiger partial charge in [0.1, 0.15) is 0 Å². The molecule has 104 valence electrons. The number of rotatable bonds is 2. The Kier molecular flexibility index (Phi) is 4.53. The third kappa shape index (κ3) is 3.37. The van der Waals surface area contributed by atoms with E-state index in [9.17, 15) is 0 Å². The van der Waals surface area contributed by atoms with E-state index in [-0.39, 0.29) is 0 Å². The van der Waals surface area contributed by atoms with Crippen LogP contribution in [0.3, 0.4) is 0 Å². The molecule has 0 nitrogen and oxygen atoms in total. The van der Waals surface area contributed by atoms with Gasteiger partial charge in [-0.05, 0) is 74.7 Å². The predicted octanol–water partition coefficient (Wildman–Crippen LogP) is 5.45. The monoisotopic (exact) mass is 274 g/mol. The van der Waals surface area contributed by atoms with Gasteiger partial charge in [0.2, 0.25) is 0 Å². The minimum Gasteiger partial charge on any atom is -0.176 e. The zero-order chi connectivity index (χ0) is 13.1. The summed E-state index contributed by atoms with van der Waals surface area (Å²) >= 11 is 4.63. The molecule has 0 amide bonds. The van der Waals surface area contributed by atoms with E-state index in [1.54, 1.807) is 5.56 Å². The van der Waals surface area contributed by atoms with Crippen LogP contribution in [0.25, 0.3) is 0 Å². The number of hydrogen-bond acceptors (Lipinski definition) is 1. The molecule has 0 aliphatic heterocycles. The largest absolute Gasteiger partial charge is 0.176 e. The third-order valence-electron chi connectivity index (χ3n) is 5.45. The molecule has 2 saturated carbocycles. The summed E-state index contributed by atoms with van der Waals surface area (Å²) in [5, 5.41) is 0.692. The summed E-state index contributed by atoms with van der Waals surface area (Å²) in [6.07, 6.45) is 11.3. The Bertz CT molecular complexity index is 370. The number of benzene rings is 1. The van der Waals surface area contributed by atoms with Gasteiger partial charge in [0.05, 0.1) is 0 Å². The molecule has 0 aromatic heterocycles. The van der Waals surface area contributed by atoms with Crippen molar-refractivity contribution in [3.05, 3.63) is 35.9 Å². The maximum atomic E-state index is 4.63. The van der Waals surface area contributed by atoms with Crippen molar-refractivity contribution < 1.29 is 0 Å². The lowest BCUT2D eigenvalue weighted by molar-refractivity contribution is 0.188. The van der Waals surface area contributed by atoms with E-state index in [0.717, 1.165) is 17.8 Å². The molecule has 0 heterocycles. The summed E-state index contributed by atoms with van der Waals surface area (Å²) in [6, 6.07) is 11.1. The lowest BCUT2D eigenvalue weighted by Gasteiger charge is -2.37. The standard InChI is InChI=1S/C18H26S/c19-18-12-10-17(11-13-18)16-8-6-15(7-9-16)14-4-2-1-3-5-14/h1-5,15-19H,6-13H2. The molecule has 1 aromatic rings. The first-order valence-electron chi connectivity index (χ1n) is 8.06. The topological polar surface area (TPSA) is 0 Å². The Morgan fingerprint density at radius 2 is 1.21 bits per heavy atom. The van der Waals surface area contributed by atoms with Crippen LogP contribution in [0.2, 0.25) is 0 Å². The number of thiol groups is 1. The second-order valence-corrected chi connectivity index (χ2v) is 7.32. The molecule has 0 saturated heterocycles. The van der Waals surface area contributed by atoms with Gasteiger partial charge in [0, 0.05) is 5.25 Å². The average molecular weight is 274 g/mol. The summed E-state index contributed by atoms with van der Waals surface area (Å²) in [7, 11) is 0. The van der Waals surface area contributed by atoms with Crippen molar-refractivity contribution in [2.24, 2.45) is 11.8 Å². The van der Waals surface area contributed by atoms with Crippen LogP contribution in [0.15, 0.2) is 30.3 Å². The van der Waals surface area contributed by atoms with Gasteiger partial charge in [-0.3, -0.25) is 0 Å². The van der Waals surface area contributed by atoms with Crippen molar-refractivity contribution in [2.45, 2.75) is 62.5 Å². The lowest BCUT2D eigenvalue weighted by Crippen LogP contribution is -2.25. The maximum absolute atomic E-state index is 4.63. The van der Waals surface area contributed by atoms with E-state index in [4.69, 9.17) is 0 Å². The maximum Gasteiger partial charge on any atom is 0.00170 e. The molecule has 0 radical (unpaired) electrons. The Labute approximate surface area is 123 Å². The van der Waals surface area contributed by atoms with Gasteiger partial charge >= 0.3 is 0 Å². The zero-order valence-corrected chi connectivity index (χ0v) is 12.7. The van der Waals surface area contributed by atoms with Gasteiger partial charge in [-0.1, -0.05) is 30.3 Å². The summed E-state index contributed by atoms with van der Waals surface area (Å²) < 4.78 is 0. The van der Waals surface area contributed by atoms with Crippen molar-refractivity contribution in [2.75, 3.05) is 0 Å². The minimum absolute atomic E-state index is 0.692. The molecule has 2 aliphatic carbocycles. The third-order valence-corrected chi connectivity index (χ3v) is 5.97. The normalized spacial score (nSPS) is 36.1. The van der Waals surface area contributed by atoms with Crippen molar-refractivity contribution in [1.82, 2.24) is 0 Å². The highest BCUT2D eigenvalue weighted by atomic mass is 32.1. The summed E-state index contributed by atoms with van der Waals surface area (Å²) in [5.41, 5.74) is 1.57. The summed E-state index contributed by atoms with van der Waals surface area (Å²) in [6.45, 7) is 0. The fourth-order valence-corrected chi connectivity index (χ4v) is 4.52. The molecule has 3 rings (SSSR count). The van der Waals surface area contributed by atoms with Crippen LogP contribution in [0, 0.1) is 11.8 Å². The summed E-state index contributed by atoms with van der Waals surface area (Å²) in [4.78, 5) is 0. The Morgan fingerprint density at radius 1 is 0.684 bits per heavy atom. The minimum atomic E-state index is 0.692. The molecule has 19 heavy (non-hydrogen) atoms. The predicted molar refractivity (Wildman–Crippen MR) is 85.9 cm³/mol. The van der Waals surface area contributed by atoms with Gasteiger partial charge in [-0.2, -0.15) is 12.6 Å². The molecule has 0 N–H and O–H groups in total. The molecule has 1 aromatic carbocycles. The molecule has 0 spiro atoms. The zero-order valence-electron chi connectivity index (χ0n) is 11.8. The highest BCUT2D eigenvalue weighted by Gasteiger charge is 2.30. The SMILES string of the molecule is SC1CCC(C2CCC(c3ccccc3)CC2)CC1. The van der Waals surface area contributed by atoms with Crippen LogP contribution in [-0.4, -0.2) is 5.25 Å². The van der Waals surface area contributed by atoms with Crippen LogP contribution in [0.1, 0.15) is 62.8 Å². The second-order valence-electron chi connectivity index (χ2n) is 6.59. The Hall–Kier alpha value is -0.430. The van der Waals surface area contributed by atoms with Crippen LogP contribution in [0.5, 0.6) is 0 Å². The molecular weight excluding hydrogens is 248 g/mol. The van der Waals surface area contributed by atoms with Crippen LogP contribution in [-0.2, 0) is 0 Å². The second kappa shape index (κ2) is 6.35. The van der Waals surface area contributed by atoms with Crippen molar-refractivity contribution >= 4 is 12.6 Å². The van der Waals surface area contributed by atoms with Gasteiger partial charge in [-0.15, -0.1) is 0 Å². The van der Waals surface area contributed by atoms with Crippen molar-refractivity contribution in [3.8, 4) is 0 Å². The van der Waals surface area contributed by atoms with Gasteiger partial charge < -0.3 is 0 Å². The van der Waals surface area contributed by atoms with Gasteiger partial charge in [0.25, 0.3) is 0 Å². The van der Waals surface area contributed by atoms with E-state index in [0.29, 0.717) is 5.25 Å². The molecule has 2 aliphatic rings. The molecule has 1 heteroatoms. The fraction of sp³-hybridized carbons (Fsp3) is 0.667. The smallest absolute Gasteiger partial charge is 0.00170 e. The fourth-order valence-electron chi connectivity index (χ4n) is 4.22. The van der Waals surface area contributed by atoms with Crippen molar-refractivity contribution in [1.29, 1.82) is 0 Å². The molecule has 2 fully saturated rings. The van der Waals surface area contributed by atoms with E-state index >= 15 is 0 Å². The van der Waals surface area contributed by atoms with Crippen LogP contribution < -0.4 is 0 Å². The van der Waals surface area contributed by atoms with Crippen molar-refractivity contribution in [3.63, 3.8) is 0 Å². The highest BCUT2D eigenvalue weighted by molar-refractivity contribution is 7.80. The first-order valence-corrected chi connectivity index (χ1v) is 8.57. The van der Waals surface area contributed by atoms with Gasteiger partial charge in [0.15, 0.2) is 0 Å². The average Bonchev–Trinajstić information content (AvgIpc) is 2.49. The first kappa shape index (κ1) is 13.5. The number of hydrogen-bond donors (Lipinski definition) is 1. The van der Waals surface area contributed by atoms with Crippen LogP contribution in [0.4, 0.5) is 0 Å². The Balaban J connectivity index is 1.52. The van der Waals surface area contributed by atoms with E-state index in [2.05, 4.69) is 43.0 Å². The van der Waals surface area contributed by atoms with Crippen LogP contribution >= 0.6 is 12.6 Å². The van der Waals surface area contributed by atoms with E-state index in [1.165, 1.54) is 51.4 Å². The quantitative estimate of drug-likeness (QED) is 0.681. The molecule has 0 atom stereocenters. The lowest BCUT2D eigenvalue weighted by atomic mass is 9.70. The van der Waals surface area contributed by atoms with E-state index < -0.39 is 0 Å². The molecular formula is C18H26S. The molecule has 0 bridgehead atoms. The highest BCUT2D eigenvalue weighted by Crippen LogP contribution is 2.43. The summed E-state index contributed by atoms with van der Waals surface area (Å²) in [5.74, 6) is 2.86. The molecule has 0 unspecified atom stereocenters.